The predicted octanol–water partition coefficient (Wildman–Crippen LogP) is 2.66. The van der Waals surface area contributed by atoms with Gasteiger partial charge < -0.3 is 5.32 Å². The third-order valence-electron chi connectivity index (χ3n) is 3.10. The Bertz CT molecular complexity index is 584. The van der Waals surface area contributed by atoms with Crippen molar-refractivity contribution in [2.45, 2.75) is 46.3 Å². The zero-order valence-corrected chi connectivity index (χ0v) is 12.4. The van der Waals surface area contributed by atoms with Gasteiger partial charge in [-0.3, -0.25) is 0 Å². The minimum absolute atomic E-state index is 0.0194. The minimum Gasteiger partial charge on any atom is -0.305 e. The second-order valence-corrected chi connectivity index (χ2v) is 6.01. The fraction of sp³-hybridized carbons (Fsp3) is 0.467. The molecule has 5 heteroatoms. The van der Waals surface area contributed by atoms with Crippen molar-refractivity contribution >= 4 is 0 Å². The Hall–Kier alpha value is -1.75. The van der Waals surface area contributed by atoms with Gasteiger partial charge in [-0.2, -0.15) is 5.10 Å². The normalized spacial score (nSPS) is 11.8. The number of hydrogen-bond acceptors (Lipinski definition) is 3. The summed E-state index contributed by atoms with van der Waals surface area (Å²) < 4.78 is 15.1. The van der Waals surface area contributed by atoms with Crippen LogP contribution in [-0.2, 0) is 13.1 Å². The predicted molar refractivity (Wildman–Crippen MR) is 76.9 cm³/mol. The molecule has 2 aromatic rings. The molecular weight excluding hydrogens is 255 g/mol. The highest BCUT2D eigenvalue weighted by Crippen LogP contribution is 2.12. The summed E-state index contributed by atoms with van der Waals surface area (Å²) in [6.07, 6.45) is 1.54. The molecule has 0 saturated heterocycles. The highest BCUT2D eigenvalue weighted by molar-refractivity contribution is 5.26. The molecule has 0 aliphatic heterocycles. The van der Waals surface area contributed by atoms with E-state index < -0.39 is 0 Å². The third kappa shape index (κ3) is 3.87. The maximum atomic E-state index is 13.3. The molecule has 0 aliphatic rings. The first-order valence-electron chi connectivity index (χ1n) is 6.72. The molecular formula is C15H21FN4. The van der Waals surface area contributed by atoms with E-state index in [-0.39, 0.29) is 11.4 Å². The van der Waals surface area contributed by atoms with E-state index in [2.05, 4.69) is 36.2 Å². The highest BCUT2D eigenvalue weighted by Gasteiger charge is 2.12. The first kappa shape index (κ1) is 14.7. The van der Waals surface area contributed by atoms with Gasteiger partial charge in [0.05, 0.1) is 13.1 Å². The molecule has 0 aliphatic carbocycles. The van der Waals surface area contributed by atoms with Crippen LogP contribution in [0.15, 0.2) is 24.5 Å². The number of hydrogen-bond donors (Lipinski definition) is 1. The smallest absolute Gasteiger partial charge is 0.141 e. The molecule has 20 heavy (non-hydrogen) atoms. The van der Waals surface area contributed by atoms with Gasteiger partial charge in [0.25, 0.3) is 0 Å². The van der Waals surface area contributed by atoms with Crippen LogP contribution in [0.25, 0.3) is 0 Å². The van der Waals surface area contributed by atoms with Crippen LogP contribution in [-0.4, -0.2) is 20.3 Å². The number of rotatable bonds is 4. The van der Waals surface area contributed by atoms with Crippen LogP contribution < -0.4 is 5.32 Å². The molecule has 1 N–H and O–H groups in total. The van der Waals surface area contributed by atoms with Crippen molar-refractivity contribution in [1.29, 1.82) is 0 Å². The van der Waals surface area contributed by atoms with Crippen LogP contribution in [0.2, 0.25) is 0 Å². The summed E-state index contributed by atoms with van der Waals surface area (Å²) >= 11 is 0. The van der Waals surface area contributed by atoms with Crippen LogP contribution in [0.4, 0.5) is 4.39 Å². The van der Waals surface area contributed by atoms with Crippen LogP contribution in [0, 0.1) is 12.7 Å². The van der Waals surface area contributed by atoms with Gasteiger partial charge in [0.1, 0.15) is 18.0 Å². The lowest BCUT2D eigenvalue weighted by molar-refractivity contribution is 0.410. The monoisotopic (exact) mass is 276 g/mol. The van der Waals surface area contributed by atoms with Crippen LogP contribution in [0.1, 0.15) is 37.7 Å². The lowest BCUT2D eigenvalue weighted by atomic mass is 10.1. The molecule has 108 valence electrons. The largest absolute Gasteiger partial charge is 0.305 e. The SMILES string of the molecule is Cc1ccc(F)cc1Cn1ncnc1CNC(C)(C)C. The molecule has 0 unspecified atom stereocenters. The van der Waals surface area contributed by atoms with Crippen LogP contribution in [0.3, 0.4) is 0 Å². The highest BCUT2D eigenvalue weighted by atomic mass is 19.1. The van der Waals surface area contributed by atoms with E-state index in [4.69, 9.17) is 0 Å². The Balaban J connectivity index is 2.14. The number of halogens is 1. The maximum Gasteiger partial charge on any atom is 0.141 e. The summed E-state index contributed by atoms with van der Waals surface area (Å²) in [6.45, 7) is 9.45. The first-order chi connectivity index (χ1) is 9.35. The molecule has 1 aromatic heterocycles. The third-order valence-corrected chi connectivity index (χ3v) is 3.10. The summed E-state index contributed by atoms with van der Waals surface area (Å²) in [7, 11) is 0. The van der Waals surface area contributed by atoms with Crippen LogP contribution >= 0.6 is 0 Å². The van der Waals surface area contributed by atoms with Gasteiger partial charge in [-0.05, 0) is 51.0 Å². The fourth-order valence-electron chi connectivity index (χ4n) is 1.87. The van der Waals surface area contributed by atoms with Gasteiger partial charge in [-0.1, -0.05) is 6.07 Å². The minimum atomic E-state index is -0.222. The molecule has 2 rings (SSSR count). The topological polar surface area (TPSA) is 42.7 Å². The number of benzene rings is 1. The quantitative estimate of drug-likeness (QED) is 0.933. The Morgan fingerprint density at radius 1 is 1.30 bits per heavy atom. The molecule has 4 nitrogen and oxygen atoms in total. The molecule has 0 bridgehead atoms. The van der Waals surface area contributed by atoms with E-state index in [1.54, 1.807) is 16.8 Å². The van der Waals surface area contributed by atoms with Crippen LogP contribution in [0.5, 0.6) is 0 Å². The second kappa shape index (κ2) is 5.71. The van der Waals surface area contributed by atoms with E-state index in [0.29, 0.717) is 13.1 Å². The molecule has 0 spiro atoms. The summed E-state index contributed by atoms with van der Waals surface area (Å²) in [5, 5.41) is 7.61. The standard InChI is InChI=1S/C15H21FN4/c1-11-5-6-13(16)7-12(11)9-20-14(17-10-19-20)8-18-15(2,3)4/h5-7,10,18H,8-9H2,1-4H3. The lowest BCUT2D eigenvalue weighted by Crippen LogP contribution is -2.36. The van der Waals surface area contributed by atoms with E-state index in [0.717, 1.165) is 17.0 Å². The summed E-state index contributed by atoms with van der Waals surface area (Å²) in [4.78, 5) is 4.26. The van der Waals surface area contributed by atoms with E-state index in [9.17, 15) is 4.39 Å². The Morgan fingerprint density at radius 3 is 2.75 bits per heavy atom. The van der Waals surface area contributed by atoms with Gasteiger partial charge >= 0.3 is 0 Å². The van der Waals surface area contributed by atoms with Crippen molar-refractivity contribution in [3.8, 4) is 0 Å². The number of aromatic nitrogens is 3. The second-order valence-electron chi connectivity index (χ2n) is 6.01. The summed E-state index contributed by atoms with van der Waals surface area (Å²) in [6, 6.07) is 4.81. The molecule has 0 fully saturated rings. The van der Waals surface area contributed by atoms with E-state index >= 15 is 0 Å². The maximum absolute atomic E-state index is 13.3. The van der Waals surface area contributed by atoms with Gasteiger partial charge in [0.2, 0.25) is 0 Å². The Kier molecular flexibility index (Phi) is 4.18. The van der Waals surface area contributed by atoms with Gasteiger partial charge in [0, 0.05) is 5.54 Å². The van der Waals surface area contributed by atoms with Crippen molar-refractivity contribution in [3.63, 3.8) is 0 Å². The first-order valence-corrected chi connectivity index (χ1v) is 6.72. The number of nitrogens with one attached hydrogen (secondary N) is 1. The van der Waals surface area contributed by atoms with Crippen molar-refractivity contribution in [2.24, 2.45) is 0 Å². The molecule has 1 heterocycles. The number of aryl methyl sites for hydroxylation is 1. The average Bonchev–Trinajstić information content (AvgIpc) is 2.78. The summed E-state index contributed by atoms with van der Waals surface area (Å²) in [5.74, 6) is 0.628. The molecule has 0 saturated carbocycles. The van der Waals surface area contributed by atoms with Crippen molar-refractivity contribution in [1.82, 2.24) is 20.1 Å². The van der Waals surface area contributed by atoms with Gasteiger partial charge in [-0.25, -0.2) is 14.1 Å². The van der Waals surface area contributed by atoms with Crippen molar-refractivity contribution < 1.29 is 4.39 Å². The molecule has 0 amide bonds. The zero-order valence-electron chi connectivity index (χ0n) is 12.4. The molecule has 0 radical (unpaired) electrons. The fourth-order valence-corrected chi connectivity index (χ4v) is 1.87. The average molecular weight is 276 g/mol. The van der Waals surface area contributed by atoms with Crippen molar-refractivity contribution in [2.75, 3.05) is 0 Å². The van der Waals surface area contributed by atoms with Crippen molar-refractivity contribution in [3.05, 3.63) is 47.3 Å². The van der Waals surface area contributed by atoms with Gasteiger partial charge in [0.15, 0.2) is 0 Å². The molecule has 0 atom stereocenters. The Labute approximate surface area is 119 Å². The molecule has 1 aromatic carbocycles. The van der Waals surface area contributed by atoms with Gasteiger partial charge in [-0.15, -0.1) is 0 Å². The lowest BCUT2D eigenvalue weighted by Gasteiger charge is -2.20. The number of nitrogens with zero attached hydrogens (tertiary/aromatic N) is 3. The summed E-state index contributed by atoms with van der Waals surface area (Å²) in [5.41, 5.74) is 2.00. The zero-order chi connectivity index (χ0) is 14.8. The van der Waals surface area contributed by atoms with E-state index in [1.165, 1.54) is 12.4 Å². The van der Waals surface area contributed by atoms with E-state index in [1.807, 2.05) is 6.92 Å². The Morgan fingerprint density at radius 2 is 2.05 bits per heavy atom.